The van der Waals surface area contributed by atoms with E-state index < -0.39 is 15.6 Å². The number of aliphatic hydroxyl groups is 1. The third-order valence-corrected chi connectivity index (χ3v) is 3.31. The summed E-state index contributed by atoms with van der Waals surface area (Å²) in [5, 5.41) is 9.65. The lowest BCUT2D eigenvalue weighted by atomic mass is 10.1. The van der Waals surface area contributed by atoms with E-state index >= 15 is 0 Å². The Morgan fingerprint density at radius 2 is 2.07 bits per heavy atom. The largest absolute Gasteiger partial charge is 0.386 e. The van der Waals surface area contributed by atoms with Gasteiger partial charge in [-0.15, -0.1) is 0 Å². The van der Waals surface area contributed by atoms with Crippen molar-refractivity contribution < 1.29 is 18.3 Å². The Morgan fingerprint density at radius 1 is 1.47 bits per heavy atom. The molecule has 0 rings (SSSR count). The van der Waals surface area contributed by atoms with Crippen molar-refractivity contribution in [3.63, 3.8) is 0 Å². The zero-order chi connectivity index (χ0) is 11.9. The lowest BCUT2D eigenvalue weighted by Crippen LogP contribution is -2.44. The third-order valence-electron chi connectivity index (χ3n) is 1.89. The molecule has 0 bridgehead atoms. The van der Waals surface area contributed by atoms with Crippen molar-refractivity contribution in [2.45, 2.75) is 32.3 Å². The minimum absolute atomic E-state index is 0.0209. The van der Waals surface area contributed by atoms with Crippen molar-refractivity contribution in [2.75, 3.05) is 26.0 Å². The molecular formula is C9H21NO4S. The van der Waals surface area contributed by atoms with Crippen molar-refractivity contribution in [1.82, 2.24) is 4.72 Å². The van der Waals surface area contributed by atoms with Crippen LogP contribution in [0.25, 0.3) is 0 Å². The molecule has 1 atom stereocenters. The Kier molecular flexibility index (Phi) is 6.35. The van der Waals surface area contributed by atoms with Gasteiger partial charge in [0.15, 0.2) is 0 Å². The van der Waals surface area contributed by atoms with Crippen LogP contribution >= 0.6 is 0 Å². The Morgan fingerprint density at radius 3 is 2.53 bits per heavy atom. The number of nitrogens with one attached hydrogen (secondary N) is 1. The first-order valence-corrected chi connectivity index (χ1v) is 6.67. The fraction of sp³-hybridized carbons (Fsp3) is 1.00. The summed E-state index contributed by atoms with van der Waals surface area (Å²) in [5.41, 5.74) is -1.16. The van der Waals surface area contributed by atoms with Gasteiger partial charge >= 0.3 is 0 Å². The van der Waals surface area contributed by atoms with Gasteiger partial charge < -0.3 is 9.84 Å². The van der Waals surface area contributed by atoms with Crippen LogP contribution in [0.1, 0.15) is 26.7 Å². The van der Waals surface area contributed by atoms with Crippen LogP contribution in [-0.4, -0.2) is 45.1 Å². The maximum atomic E-state index is 11.4. The molecule has 1 unspecified atom stereocenters. The molecule has 0 aromatic carbocycles. The van der Waals surface area contributed by atoms with Gasteiger partial charge in [0.25, 0.3) is 0 Å². The van der Waals surface area contributed by atoms with Gasteiger partial charge in [-0.3, -0.25) is 0 Å². The smallest absolute Gasteiger partial charge is 0.211 e. The highest BCUT2D eigenvalue weighted by atomic mass is 32.2. The van der Waals surface area contributed by atoms with Crippen LogP contribution in [0.2, 0.25) is 0 Å². The maximum Gasteiger partial charge on any atom is 0.211 e. The normalized spacial score (nSPS) is 16.3. The summed E-state index contributed by atoms with van der Waals surface area (Å²) < 4.78 is 29.9. The topological polar surface area (TPSA) is 75.6 Å². The van der Waals surface area contributed by atoms with E-state index in [4.69, 9.17) is 4.74 Å². The number of hydrogen-bond donors (Lipinski definition) is 2. The standard InChI is InChI=1S/C9H21NO4S/c1-4-5-6-15(12,13)10-7-9(2,11)8-14-3/h10-11H,4-8H2,1-3H3. The molecule has 0 heterocycles. The predicted octanol–water partition coefficient (Wildman–Crippen LogP) is 0.103. The molecule has 2 N–H and O–H groups in total. The molecule has 0 aliphatic carbocycles. The summed E-state index contributed by atoms with van der Waals surface area (Å²) >= 11 is 0. The summed E-state index contributed by atoms with van der Waals surface area (Å²) in [6.45, 7) is 3.53. The number of hydrogen-bond acceptors (Lipinski definition) is 4. The van der Waals surface area contributed by atoms with Crippen molar-refractivity contribution in [3.8, 4) is 0 Å². The number of sulfonamides is 1. The van der Waals surface area contributed by atoms with Gasteiger partial charge in [0, 0.05) is 13.7 Å². The van der Waals surface area contributed by atoms with Crippen molar-refractivity contribution in [3.05, 3.63) is 0 Å². The second-order valence-corrected chi connectivity index (χ2v) is 5.85. The second kappa shape index (κ2) is 6.42. The first-order valence-electron chi connectivity index (χ1n) is 5.01. The van der Waals surface area contributed by atoms with E-state index in [1.165, 1.54) is 14.0 Å². The molecule has 0 amide bonds. The number of rotatable bonds is 8. The average Bonchev–Trinajstić information content (AvgIpc) is 2.12. The summed E-state index contributed by atoms with van der Waals surface area (Å²) in [7, 11) is -1.80. The minimum Gasteiger partial charge on any atom is -0.386 e. The highest BCUT2D eigenvalue weighted by molar-refractivity contribution is 7.89. The lowest BCUT2D eigenvalue weighted by Gasteiger charge is -2.22. The molecule has 0 saturated carbocycles. The molecule has 0 aliphatic heterocycles. The fourth-order valence-electron chi connectivity index (χ4n) is 1.03. The molecule has 0 aliphatic rings. The maximum absolute atomic E-state index is 11.4. The number of unbranched alkanes of at least 4 members (excludes halogenated alkanes) is 1. The molecule has 15 heavy (non-hydrogen) atoms. The van der Waals surface area contributed by atoms with Gasteiger partial charge in [-0.25, -0.2) is 13.1 Å². The fourth-order valence-corrected chi connectivity index (χ4v) is 2.38. The summed E-state index contributed by atoms with van der Waals surface area (Å²) in [5.74, 6) is 0.104. The van der Waals surface area contributed by atoms with Gasteiger partial charge in [-0.05, 0) is 13.3 Å². The third kappa shape index (κ3) is 7.72. The molecule has 0 fully saturated rings. The molecule has 92 valence electrons. The van der Waals surface area contributed by atoms with Gasteiger partial charge in [0.2, 0.25) is 10.0 Å². The van der Waals surface area contributed by atoms with Gasteiger partial charge in [0.1, 0.15) is 0 Å². The Bertz CT molecular complexity index is 261. The lowest BCUT2D eigenvalue weighted by molar-refractivity contribution is -0.0119. The van der Waals surface area contributed by atoms with Crippen LogP contribution in [0.5, 0.6) is 0 Å². The summed E-state index contributed by atoms with van der Waals surface area (Å²) in [6, 6.07) is 0. The zero-order valence-electron chi connectivity index (χ0n) is 9.62. The second-order valence-electron chi connectivity index (χ2n) is 3.92. The average molecular weight is 239 g/mol. The molecule has 0 aromatic heterocycles. The molecule has 0 saturated heterocycles. The highest BCUT2D eigenvalue weighted by Crippen LogP contribution is 2.03. The monoisotopic (exact) mass is 239 g/mol. The molecule has 0 radical (unpaired) electrons. The molecule has 6 heteroatoms. The van der Waals surface area contributed by atoms with E-state index in [-0.39, 0.29) is 18.9 Å². The van der Waals surface area contributed by atoms with Gasteiger partial charge in [0.05, 0.1) is 18.0 Å². The van der Waals surface area contributed by atoms with E-state index in [9.17, 15) is 13.5 Å². The van der Waals surface area contributed by atoms with Gasteiger partial charge in [-0.1, -0.05) is 13.3 Å². The number of ether oxygens (including phenoxy) is 1. The van der Waals surface area contributed by atoms with E-state index in [0.717, 1.165) is 6.42 Å². The first kappa shape index (κ1) is 14.8. The minimum atomic E-state index is -3.26. The molecular weight excluding hydrogens is 218 g/mol. The van der Waals surface area contributed by atoms with Crippen LogP contribution in [0.15, 0.2) is 0 Å². The summed E-state index contributed by atoms with van der Waals surface area (Å²) in [6.07, 6.45) is 1.46. The van der Waals surface area contributed by atoms with Crippen molar-refractivity contribution >= 4 is 10.0 Å². The van der Waals surface area contributed by atoms with Gasteiger partial charge in [-0.2, -0.15) is 0 Å². The number of methoxy groups -OCH3 is 1. The molecule has 0 spiro atoms. The van der Waals surface area contributed by atoms with Crippen LogP contribution in [-0.2, 0) is 14.8 Å². The van der Waals surface area contributed by atoms with E-state index in [2.05, 4.69) is 4.72 Å². The van der Waals surface area contributed by atoms with Crippen molar-refractivity contribution in [1.29, 1.82) is 0 Å². The van der Waals surface area contributed by atoms with Crippen LogP contribution < -0.4 is 4.72 Å². The van der Waals surface area contributed by atoms with Crippen LogP contribution in [0, 0.1) is 0 Å². The summed E-state index contributed by atoms with van der Waals surface area (Å²) in [4.78, 5) is 0. The SMILES string of the molecule is CCCCS(=O)(=O)NCC(C)(O)COC. The van der Waals surface area contributed by atoms with Crippen LogP contribution in [0.3, 0.4) is 0 Å². The quantitative estimate of drug-likeness (QED) is 0.630. The Balaban J connectivity index is 4.02. The van der Waals surface area contributed by atoms with Crippen LogP contribution in [0.4, 0.5) is 0 Å². The van der Waals surface area contributed by atoms with E-state index in [0.29, 0.717) is 6.42 Å². The predicted molar refractivity (Wildman–Crippen MR) is 59.2 cm³/mol. The highest BCUT2D eigenvalue weighted by Gasteiger charge is 2.22. The first-order chi connectivity index (χ1) is 6.83. The van der Waals surface area contributed by atoms with Crippen molar-refractivity contribution in [2.24, 2.45) is 0 Å². The van der Waals surface area contributed by atoms with E-state index in [1.54, 1.807) is 0 Å². The molecule has 5 nitrogen and oxygen atoms in total. The Hall–Kier alpha value is -0.170. The van der Waals surface area contributed by atoms with E-state index in [1.807, 2.05) is 6.92 Å². The Labute approximate surface area is 91.9 Å². The molecule has 0 aromatic rings. The zero-order valence-corrected chi connectivity index (χ0v) is 10.4.